The van der Waals surface area contributed by atoms with Gasteiger partial charge in [-0.3, -0.25) is 9.78 Å². The molecule has 0 radical (unpaired) electrons. The maximum Gasteiger partial charge on any atom is 0.257 e. The van der Waals surface area contributed by atoms with E-state index in [1.165, 1.54) is 12.1 Å². The number of benzene rings is 1. The van der Waals surface area contributed by atoms with E-state index in [9.17, 15) is 9.18 Å². The van der Waals surface area contributed by atoms with Crippen LogP contribution in [0.5, 0.6) is 5.75 Å². The molecule has 32 heavy (non-hydrogen) atoms. The Morgan fingerprint density at radius 3 is 2.62 bits per heavy atom. The summed E-state index contributed by atoms with van der Waals surface area (Å²) >= 11 is 0. The number of ether oxygens (including phenoxy) is 1. The van der Waals surface area contributed by atoms with Crippen molar-refractivity contribution in [3.63, 3.8) is 0 Å². The molecule has 7 heteroatoms. The van der Waals surface area contributed by atoms with Crippen LogP contribution < -0.4 is 10.1 Å². The Morgan fingerprint density at radius 1 is 1.12 bits per heavy atom. The first-order valence-corrected chi connectivity index (χ1v) is 11.0. The molecule has 1 amide bonds. The fourth-order valence-electron chi connectivity index (χ4n) is 4.21. The molecule has 166 valence electrons. The van der Waals surface area contributed by atoms with Gasteiger partial charge in [0.1, 0.15) is 5.82 Å². The number of carbonyl (C=O) groups is 1. The highest BCUT2D eigenvalue weighted by atomic mass is 19.1. The molecular formula is C25H27FN4O2. The van der Waals surface area contributed by atoms with Gasteiger partial charge in [0.25, 0.3) is 5.91 Å². The highest BCUT2D eigenvalue weighted by Crippen LogP contribution is 2.38. The number of rotatable bonds is 7. The normalized spacial score (nSPS) is 18.2. The SMILES string of the molecule is Cc1ncc(-c2ccncc2)c(C2CCC(CNC(=O)COc3ccccc3F)CC2)n1. The number of nitrogens with one attached hydrogen (secondary N) is 1. The van der Waals surface area contributed by atoms with Gasteiger partial charge < -0.3 is 10.1 Å². The highest BCUT2D eigenvalue weighted by molar-refractivity contribution is 5.77. The molecule has 0 saturated heterocycles. The van der Waals surface area contributed by atoms with Gasteiger partial charge in [-0.25, -0.2) is 14.4 Å². The molecular weight excluding hydrogens is 407 g/mol. The summed E-state index contributed by atoms with van der Waals surface area (Å²) in [5.74, 6) is 0.953. The van der Waals surface area contributed by atoms with E-state index in [4.69, 9.17) is 9.72 Å². The molecule has 1 fully saturated rings. The van der Waals surface area contributed by atoms with Crippen LogP contribution >= 0.6 is 0 Å². The van der Waals surface area contributed by atoms with Crippen LogP contribution in [0.4, 0.5) is 4.39 Å². The molecule has 0 unspecified atom stereocenters. The minimum absolute atomic E-state index is 0.0910. The zero-order chi connectivity index (χ0) is 22.3. The largest absolute Gasteiger partial charge is 0.481 e. The Morgan fingerprint density at radius 2 is 1.88 bits per heavy atom. The minimum atomic E-state index is -0.468. The van der Waals surface area contributed by atoms with Crippen molar-refractivity contribution in [2.45, 2.75) is 38.5 Å². The highest BCUT2D eigenvalue weighted by Gasteiger charge is 2.26. The molecule has 2 aromatic heterocycles. The van der Waals surface area contributed by atoms with Gasteiger partial charge >= 0.3 is 0 Å². The monoisotopic (exact) mass is 434 g/mol. The first kappa shape index (κ1) is 21.9. The lowest BCUT2D eigenvalue weighted by Gasteiger charge is -2.29. The van der Waals surface area contributed by atoms with Crippen molar-refractivity contribution < 1.29 is 13.9 Å². The summed E-state index contributed by atoms with van der Waals surface area (Å²) in [6.45, 7) is 2.34. The van der Waals surface area contributed by atoms with Crippen molar-refractivity contribution in [1.82, 2.24) is 20.3 Å². The Kier molecular flexibility index (Phi) is 7.04. The van der Waals surface area contributed by atoms with Crippen molar-refractivity contribution in [3.8, 4) is 16.9 Å². The van der Waals surface area contributed by atoms with E-state index in [-0.39, 0.29) is 18.3 Å². The Hall–Kier alpha value is -3.35. The molecule has 2 heterocycles. The van der Waals surface area contributed by atoms with Crippen LogP contribution in [0.3, 0.4) is 0 Å². The van der Waals surface area contributed by atoms with Crippen LogP contribution in [-0.4, -0.2) is 34.0 Å². The van der Waals surface area contributed by atoms with Gasteiger partial charge in [-0.2, -0.15) is 0 Å². The molecule has 1 N–H and O–H groups in total. The molecule has 3 aromatic rings. The smallest absolute Gasteiger partial charge is 0.257 e. The number of aromatic nitrogens is 3. The molecule has 0 aliphatic heterocycles. The number of nitrogens with zero attached hydrogens (tertiary/aromatic N) is 3. The van der Waals surface area contributed by atoms with E-state index in [1.54, 1.807) is 24.5 Å². The summed E-state index contributed by atoms with van der Waals surface area (Å²) in [5, 5.41) is 2.92. The van der Waals surface area contributed by atoms with Gasteiger partial charge in [-0.05, 0) is 68.4 Å². The maximum atomic E-state index is 13.6. The number of carbonyl (C=O) groups excluding carboxylic acids is 1. The van der Waals surface area contributed by atoms with E-state index in [0.717, 1.165) is 48.3 Å². The Balaban J connectivity index is 1.29. The summed E-state index contributed by atoms with van der Waals surface area (Å²) < 4.78 is 18.9. The van der Waals surface area contributed by atoms with E-state index < -0.39 is 5.82 Å². The minimum Gasteiger partial charge on any atom is -0.481 e. The third kappa shape index (κ3) is 5.46. The molecule has 0 atom stereocenters. The number of halogens is 1. The third-order valence-electron chi connectivity index (χ3n) is 5.95. The topological polar surface area (TPSA) is 77.0 Å². The first-order chi connectivity index (χ1) is 15.6. The van der Waals surface area contributed by atoms with Crippen LogP contribution in [0.1, 0.15) is 43.1 Å². The number of aryl methyl sites for hydroxylation is 1. The molecule has 1 saturated carbocycles. The molecule has 1 aromatic carbocycles. The van der Waals surface area contributed by atoms with Crippen LogP contribution in [0.2, 0.25) is 0 Å². The summed E-state index contributed by atoms with van der Waals surface area (Å²) in [4.78, 5) is 25.4. The number of hydrogen-bond acceptors (Lipinski definition) is 5. The molecule has 1 aliphatic carbocycles. The molecule has 6 nitrogen and oxygen atoms in total. The lowest BCUT2D eigenvalue weighted by atomic mass is 9.79. The van der Waals surface area contributed by atoms with Crippen molar-refractivity contribution in [2.75, 3.05) is 13.2 Å². The Labute approximate surface area is 187 Å². The van der Waals surface area contributed by atoms with Gasteiger partial charge in [0.2, 0.25) is 0 Å². The maximum absolute atomic E-state index is 13.6. The predicted molar refractivity (Wildman–Crippen MR) is 120 cm³/mol. The van der Waals surface area contributed by atoms with E-state index in [0.29, 0.717) is 18.4 Å². The summed E-state index contributed by atoms with van der Waals surface area (Å²) in [6.07, 6.45) is 9.54. The average Bonchev–Trinajstić information content (AvgIpc) is 2.83. The second-order valence-electron chi connectivity index (χ2n) is 8.19. The number of pyridine rings is 1. The van der Waals surface area contributed by atoms with Crippen LogP contribution in [0.15, 0.2) is 55.0 Å². The third-order valence-corrected chi connectivity index (χ3v) is 5.95. The molecule has 1 aliphatic rings. The average molecular weight is 435 g/mol. The van der Waals surface area contributed by atoms with Crippen molar-refractivity contribution >= 4 is 5.91 Å². The summed E-state index contributed by atoms with van der Waals surface area (Å²) in [5.41, 5.74) is 3.25. The van der Waals surface area contributed by atoms with Gasteiger partial charge in [0, 0.05) is 36.6 Å². The van der Waals surface area contributed by atoms with Crippen LogP contribution in [0, 0.1) is 18.7 Å². The zero-order valence-electron chi connectivity index (χ0n) is 18.1. The van der Waals surface area contributed by atoms with Crippen LogP contribution in [-0.2, 0) is 4.79 Å². The lowest BCUT2D eigenvalue weighted by molar-refractivity contribution is -0.123. The fraction of sp³-hybridized carbons (Fsp3) is 0.360. The number of amides is 1. The van der Waals surface area contributed by atoms with Crippen molar-refractivity contribution in [1.29, 1.82) is 0 Å². The van der Waals surface area contributed by atoms with E-state index in [1.807, 2.05) is 25.3 Å². The number of hydrogen-bond donors (Lipinski definition) is 1. The van der Waals surface area contributed by atoms with Gasteiger partial charge in [-0.15, -0.1) is 0 Å². The quantitative estimate of drug-likeness (QED) is 0.594. The van der Waals surface area contributed by atoms with E-state index in [2.05, 4.69) is 15.3 Å². The van der Waals surface area contributed by atoms with Gasteiger partial charge in [0.05, 0.1) is 5.69 Å². The standard InChI is InChI=1S/C25H27FN4O2/c1-17-28-15-21(19-10-12-27-13-11-19)25(30-17)20-8-6-18(7-9-20)14-29-24(31)16-32-23-5-3-2-4-22(23)26/h2-5,10-13,15,18,20H,6-9,14,16H2,1H3,(H,29,31). The van der Waals surface area contributed by atoms with Crippen LogP contribution in [0.25, 0.3) is 11.1 Å². The Bertz CT molecular complexity index is 1050. The summed E-state index contributed by atoms with van der Waals surface area (Å²) in [6, 6.07) is 10.1. The first-order valence-electron chi connectivity index (χ1n) is 11.0. The number of para-hydroxylation sites is 1. The second-order valence-corrected chi connectivity index (χ2v) is 8.19. The van der Waals surface area contributed by atoms with Crippen molar-refractivity contribution in [2.24, 2.45) is 5.92 Å². The summed E-state index contributed by atoms with van der Waals surface area (Å²) in [7, 11) is 0. The molecule has 0 bridgehead atoms. The van der Waals surface area contributed by atoms with Crippen molar-refractivity contribution in [3.05, 3.63) is 72.3 Å². The van der Waals surface area contributed by atoms with Gasteiger partial charge in [0.15, 0.2) is 18.2 Å². The molecule has 0 spiro atoms. The van der Waals surface area contributed by atoms with E-state index >= 15 is 0 Å². The van der Waals surface area contributed by atoms with Gasteiger partial charge in [-0.1, -0.05) is 12.1 Å². The molecule has 4 rings (SSSR count). The second kappa shape index (κ2) is 10.3. The zero-order valence-corrected chi connectivity index (χ0v) is 18.1. The fourth-order valence-corrected chi connectivity index (χ4v) is 4.21. The predicted octanol–water partition coefficient (Wildman–Crippen LogP) is 4.46. The lowest BCUT2D eigenvalue weighted by Crippen LogP contribution is -2.34.